The number of ether oxygens (including phenoxy) is 1. The van der Waals surface area contributed by atoms with Crippen LogP contribution < -0.4 is 10.2 Å². The molecule has 0 aliphatic rings. The van der Waals surface area contributed by atoms with E-state index in [1.165, 1.54) is 5.56 Å². The lowest BCUT2D eigenvalue weighted by molar-refractivity contribution is -0.123. The molecule has 0 unspecified atom stereocenters. The average molecular weight is 331 g/mol. The van der Waals surface area contributed by atoms with Crippen LogP contribution in [0.2, 0.25) is 5.02 Å². The number of hydrogen-bond donors (Lipinski definition) is 1. The zero-order valence-electron chi connectivity index (χ0n) is 13.4. The van der Waals surface area contributed by atoms with Gasteiger partial charge in [-0.25, -0.2) is 5.43 Å². The highest BCUT2D eigenvalue weighted by atomic mass is 35.5. The first-order chi connectivity index (χ1) is 11.0. The number of nitrogens with one attached hydrogen (secondary N) is 1. The van der Waals surface area contributed by atoms with Gasteiger partial charge >= 0.3 is 0 Å². The van der Waals surface area contributed by atoms with Crippen molar-refractivity contribution in [3.8, 4) is 5.75 Å². The van der Waals surface area contributed by atoms with Crippen LogP contribution in [0.4, 0.5) is 0 Å². The van der Waals surface area contributed by atoms with Crippen LogP contribution in [0.1, 0.15) is 22.3 Å². The zero-order chi connectivity index (χ0) is 16.8. The molecule has 0 radical (unpaired) electrons. The third-order valence-corrected chi connectivity index (χ3v) is 3.56. The summed E-state index contributed by atoms with van der Waals surface area (Å²) in [5, 5.41) is 4.61. The number of amides is 1. The quantitative estimate of drug-likeness (QED) is 0.669. The SMILES string of the molecule is Cc1cc(C)c(/C=N\NC(=O)COc2ccc(Cl)cc2)c(C)c1. The predicted molar refractivity (Wildman–Crippen MR) is 93.3 cm³/mol. The molecule has 0 atom stereocenters. The molecule has 4 nitrogen and oxygen atoms in total. The molecular formula is C18H19ClN2O2. The molecule has 5 heteroatoms. The summed E-state index contributed by atoms with van der Waals surface area (Å²) in [5.74, 6) is 0.261. The number of halogens is 1. The van der Waals surface area contributed by atoms with Crippen molar-refractivity contribution in [1.29, 1.82) is 0 Å². The van der Waals surface area contributed by atoms with Crippen LogP contribution in [0.5, 0.6) is 5.75 Å². The van der Waals surface area contributed by atoms with Gasteiger partial charge in [0.1, 0.15) is 5.75 Å². The molecule has 0 fully saturated rings. The first-order valence-corrected chi connectivity index (χ1v) is 7.61. The van der Waals surface area contributed by atoms with E-state index in [0.717, 1.165) is 16.7 Å². The second-order valence-corrected chi connectivity index (χ2v) is 5.78. The molecule has 0 saturated carbocycles. The molecule has 0 bridgehead atoms. The van der Waals surface area contributed by atoms with Crippen molar-refractivity contribution in [2.75, 3.05) is 6.61 Å². The van der Waals surface area contributed by atoms with Crippen LogP contribution in [0.3, 0.4) is 0 Å². The van der Waals surface area contributed by atoms with Crippen LogP contribution in [0.15, 0.2) is 41.5 Å². The van der Waals surface area contributed by atoms with E-state index in [1.807, 2.05) is 13.8 Å². The van der Waals surface area contributed by atoms with E-state index in [9.17, 15) is 4.79 Å². The second kappa shape index (κ2) is 7.79. The van der Waals surface area contributed by atoms with E-state index >= 15 is 0 Å². The van der Waals surface area contributed by atoms with Crippen molar-refractivity contribution in [2.24, 2.45) is 5.10 Å². The topological polar surface area (TPSA) is 50.7 Å². The summed E-state index contributed by atoms with van der Waals surface area (Å²) >= 11 is 5.78. The minimum atomic E-state index is -0.321. The predicted octanol–water partition coefficient (Wildman–Crippen LogP) is 3.79. The standard InChI is InChI=1S/C18H19ClN2O2/c1-12-8-13(2)17(14(3)9-12)10-20-21-18(22)11-23-16-6-4-15(19)5-7-16/h4-10H,11H2,1-3H3,(H,21,22)/b20-10-. The first-order valence-electron chi connectivity index (χ1n) is 7.24. The molecule has 2 aromatic rings. The summed E-state index contributed by atoms with van der Waals surface area (Å²) in [7, 11) is 0. The van der Waals surface area contributed by atoms with Crippen molar-refractivity contribution in [3.05, 3.63) is 63.7 Å². The molecule has 2 rings (SSSR count). The number of benzene rings is 2. The van der Waals surface area contributed by atoms with Crippen molar-refractivity contribution >= 4 is 23.7 Å². The minimum absolute atomic E-state index is 0.106. The summed E-state index contributed by atoms with van der Waals surface area (Å²) in [6.45, 7) is 5.99. The van der Waals surface area contributed by atoms with Gasteiger partial charge in [0.2, 0.25) is 0 Å². The van der Waals surface area contributed by atoms with Gasteiger partial charge in [0, 0.05) is 10.6 Å². The lowest BCUT2D eigenvalue weighted by atomic mass is 10.0. The van der Waals surface area contributed by atoms with E-state index in [1.54, 1.807) is 30.5 Å². The van der Waals surface area contributed by atoms with Crippen molar-refractivity contribution in [3.63, 3.8) is 0 Å². The molecule has 0 aliphatic heterocycles. The van der Waals surface area contributed by atoms with Gasteiger partial charge < -0.3 is 4.74 Å². The maximum absolute atomic E-state index is 11.7. The fourth-order valence-electron chi connectivity index (χ4n) is 2.28. The lowest BCUT2D eigenvalue weighted by Gasteiger charge is -2.07. The Hall–Kier alpha value is -2.33. The highest BCUT2D eigenvalue weighted by Gasteiger charge is 2.03. The van der Waals surface area contributed by atoms with Gasteiger partial charge in [0.05, 0.1) is 6.21 Å². The summed E-state index contributed by atoms with van der Waals surface area (Å²) in [4.78, 5) is 11.7. The number of rotatable bonds is 5. The summed E-state index contributed by atoms with van der Waals surface area (Å²) in [5.41, 5.74) is 6.92. The number of nitrogens with zero attached hydrogens (tertiary/aromatic N) is 1. The van der Waals surface area contributed by atoms with Crippen LogP contribution in [-0.4, -0.2) is 18.7 Å². The van der Waals surface area contributed by atoms with Gasteiger partial charge in [-0.15, -0.1) is 0 Å². The Morgan fingerprint density at radius 3 is 2.39 bits per heavy atom. The summed E-state index contributed by atoms with van der Waals surface area (Å²) < 4.78 is 5.34. The number of hydrazone groups is 1. The fourth-order valence-corrected chi connectivity index (χ4v) is 2.40. The van der Waals surface area contributed by atoms with Crippen molar-refractivity contribution in [1.82, 2.24) is 5.43 Å². The minimum Gasteiger partial charge on any atom is -0.484 e. The third kappa shape index (κ3) is 5.11. The molecule has 23 heavy (non-hydrogen) atoms. The van der Waals surface area contributed by atoms with E-state index in [-0.39, 0.29) is 12.5 Å². The smallest absolute Gasteiger partial charge is 0.277 e. The Morgan fingerprint density at radius 1 is 1.17 bits per heavy atom. The molecule has 1 N–H and O–H groups in total. The number of hydrogen-bond acceptors (Lipinski definition) is 3. The number of carbonyl (C=O) groups excluding carboxylic acids is 1. The van der Waals surface area contributed by atoms with Gasteiger partial charge in [-0.1, -0.05) is 29.3 Å². The Morgan fingerprint density at radius 2 is 1.78 bits per heavy atom. The Labute approximate surface area is 141 Å². The van der Waals surface area contributed by atoms with Crippen LogP contribution in [-0.2, 0) is 4.79 Å². The van der Waals surface area contributed by atoms with E-state index in [4.69, 9.17) is 16.3 Å². The normalized spacial score (nSPS) is 10.8. The Bertz CT molecular complexity index is 701. The largest absolute Gasteiger partial charge is 0.484 e. The summed E-state index contributed by atoms with van der Waals surface area (Å²) in [6.07, 6.45) is 1.66. The highest BCUT2D eigenvalue weighted by Crippen LogP contribution is 2.15. The zero-order valence-corrected chi connectivity index (χ0v) is 14.1. The van der Waals surface area contributed by atoms with Gasteiger partial charge in [0.25, 0.3) is 5.91 Å². The monoisotopic (exact) mass is 330 g/mol. The fraction of sp³-hybridized carbons (Fsp3) is 0.222. The Kier molecular flexibility index (Phi) is 5.77. The molecule has 2 aromatic carbocycles. The first kappa shape index (κ1) is 17.0. The molecular weight excluding hydrogens is 312 g/mol. The lowest BCUT2D eigenvalue weighted by Crippen LogP contribution is -2.24. The molecule has 1 amide bonds. The number of carbonyl (C=O) groups is 1. The molecule has 0 aromatic heterocycles. The number of aryl methyl sites for hydroxylation is 3. The van der Waals surface area contributed by atoms with Gasteiger partial charge in [-0.3, -0.25) is 4.79 Å². The molecule has 0 heterocycles. The van der Waals surface area contributed by atoms with E-state index < -0.39 is 0 Å². The van der Waals surface area contributed by atoms with Crippen LogP contribution >= 0.6 is 11.6 Å². The maximum Gasteiger partial charge on any atom is 0.277 e. The van der Waals surface area contributed by atoms with Crippen molar-refractivity contribution in [2.45, 2.75) is 20.8 Å². The average Bonchev–Trinajstić information content (AvgIpc) is 2.49. The van der Waals surface area contributed by atoms with Gasteiger partial charge in [-0.05, 0) is 56.2 Å². The molecule has 0 saturated heterocycles. The van der Waals surface area contributed by atoms with Crippen LogP contribution in [0, 0.1) is 20.8 Å². The van der Waals surface area contributed by atoms with Gasteiger partial charge in [-0.2, -0.15) is 5.10 Å². The van der Waals surface area contributed by atoms with Gasteiger partial charge in [0.15, 0.2) is 6.61 Å². The second-order valence-electron chi connectivity index (χ2n) is 5.35. The highest BCUT2D eigenvalue weighted by molar-refractivity contribution is 6.30. The van der Waals surface area contributed by atoms with Crippen LogP contribution in [0.25, 0.3) is 0 Å². The molecule has 0 spiro atoms. The Balaban J connectivity index is 1.88. The molecule has 120 valence electrons. The van der Waals surface area contributed by atoms with E-state index in [0.29, 0.717) is 10.8 Å². The third-order valence-electron chi connectivity index (χ3n) is 3.30. The molecule has 0 aliphatic carbocycles. The van der Waals surface area contributed by atoms with Crippen molar-refractivity contribution < 1.29 is 9.53 Å². The summed E-state index contributed by atoms with van der Waals surface area (Å²) in [6, 6.07) is 11.0. The maximum atomic E-state index is 11.7. The van der Waals surface area contributed by atoms with E-state index in [2.05, 4.69) is 29.6 Å².